The molecule has 22 heavy (non-hydrogen) atoms. The Morgan fingerprint density at radius 1 is 1.14 bits per heavy atom. The van der Waals surface area contributed by atoms with E-state index >= 15 is 0 Å². The zero-order valence-electron chi connectivity index (χ0n) is 14.1. The molecular weight excluding hydrogens is 302 g/mol. The van der Waals surface area contributed by atoms with Crippen LogP contribution in [0.2, 0.25) is 0 Å². The van der Waals surface area contributed by atoms with Crippen LogP contribution in [-0.4, -0.2) is 30.4 Å². The Balaban J connectivity index is 0.00000441. The van der Waals surface area contributed by atoms with Gasteiger partial charge in [-0.15, -0.1) is 12.4 Å². The summed E-state index contributed by atoms with van der Waals surface area (Å²) in [6, 6.07) is -0.365. The van der Waals surface area contributed by atoms with Crippen molar-refractivity contribution in [2.45, 2.75) is 77.8 Å². The smallest absolute Gasteiger partial charge is 0.242 e. The lowest BCUT2D eigenvalue weighted by Gasteiger charge is -2.35. The molecule has 130 valence electrons. The van der Waals surface area contributed by atoms with Gasteiger partial charge in [0.15, 0.2) is 0 Å². The van der Waals surface area contributed by atoms with Gasteiger partial charge in [-0.1, -0.05) is 26.2 Å². The summed E-state index contributed by atoms with van der Waals surface area (Å²) >= 11 is 0. The van der Waals surface area contributed by atoms with E-state index in [1.807, 2.05) is 13.8 Å². The minimum absolute atomic E-state index is 0. The molecule has 0 radical (unpaired) electrons. The first-order chi connectivity index (χ1) is 9.92. The van der Waals surface area contributed by atoms with Gasteiger partial charge in [0.25, 0.3) is 0 Å². The van der Waals surface area contributed by atoms with Gasteiger partial charge in [0.1, 0.15) is 6.04 Å². The van der Waals surface area contributed by atoms with E-state index in [0.29, 0.717) is 13.0 Å². The number of nitrogens with one attached hydrogen (secondary N) is 2. The van der Waals surface area contributed by atoms with Gasteiger partial charge in [0, 0.05) is 12.5 Å². The molecule has 0 bridgehead atoms. The van der Waals surface area contributed by atoms with E-state index in [-0.39, 0.29) is 35.7 Å². The van der Waals surface area contributed by atoms with E-state index in [1.165, 1.54) is 6.42 Å². The fourth-order valence-electron chi connectivity index (χ4n) is 2.92. The summed E-state index contributed by atoms with van der Waals surface area (Å²) < 4.78 is 0. The number of amides is 2. The second-order valence-electron chi connectivity index (χ2n) is 6.55. The second kappa shape index (κ2) is 10.1. The standard InChI is InChI=1S/C16H31N3O2.ClH/c1-4-12(2)18-15(21)13(3)19-14(20)10-16(11-17)8-6-5-7-9-16;/h12-13H,4-11,17H2,1-3H3,(H,18,21)(H,19,20);1H. The van der Waals surface area contributed by atoms with E-state index in [1.54, 1.807) is 6.92 Å². The number of carbonyl (C=O) groups is 2. The van der Waals surface area contributed by atoms with Gasteiger partial charge in [-0.25, -0.2) is 0 Å². The summed E-state index contributed by atoms with van der Waals surface area (Å²) in [6.07, 6.45) is 6.88. The van der Waals surface area contributed by atoms with Gasteiger partial charge in [-0.2, -0.15) is 0 Å². The van der Waals surface area contributed by atoms with Gasteiger partial charge >= 0.3 is 0 Å². The van der Waals surface area contributed by atoms with Crippen molar-refractivity contribution >= 4 is 24.2 Å². The Morgan fingerprint density at radius 2 is 1.73 bits per heavy atom. The van der Waals surface area contributed by atoms with Gasteiger partial charge in [0.2, 0.25) is 11.8 Å². The molecule has 0 aromatic heterocycles. The zero-order valence-corrected chi connectivity index (χ0v) is 14.9. The minimum atomic E-state index is -0.495. The van der Waals surface area contributed by atoms with E-state index in [2.05, 4.69) is 10.6 Å². The second-order valence-corrected chi connectivity index (χ2v) is 6.55. The molecule has 0 aromatic carbocycles. The lowest BCUT2D eigenvalue weighted by atomic mass is 9.71. The van der Waals surface area contributed by atoms with Crippen LogP contribution in [0.4, 0.5) is 0 Å². The molecule has 1 aliphatic carbocycles. The van der Waals surface area contributed by atoms with E-state index < -0.39 is 6.04 Å². The monoisotopic (exact) mass is 333 g/mol. The lowest BCUT2D eigenvalue weighted by molar-refractivity contribution is -0.130. The molecule has 0 aliphatic heterocycles. The van der Waals surface area contributed by atoms with Crippen LogP contribution >= 0.6 is 12.4 Å². The average Bonchev–Trinajstić information content (AvgIpc) is 2.47. The third-order valence-electron chi connectivity index (χ3n) is 4.65. The van der Waals surface area contributed by atoms with Crippen molar-refractivity contribution in [1.82, 2.24) is 10.6 Å². The third-order valence-corrected chi connectivity index (χ3v) is 4.65. The summed E-state index contributed by atoms with van der Waals surface area (Å²) in [5.74, 6) is -0.183. The van der Waals surface area contributed by atoms with Crippen molar-refractivity contribution in [3.05, 3.63) is 0 Å². The normalized spacial score (nSPS) is 19.5. The molecule has 2 atom stereocenters. The van der Waals surface area contributed by atoms with Gasteiger partial charge in [0.05, 0.1) is 0 Å². The molecule has 0 heterocycles. The summed E-state index contributed by atoms with van der Waals surface area (Å²) in [5, 5.41) is 5.69. The SMILES string of the molecule is CCC(C)NC(=O)C(C)NC(=O)CC1(CN)CCCCC1.Cl. The number of hydrogen-bond acceptors (Lipinski definition) is 3. The Hall–Kier alpha value is -0.810. The predicted molar refractivity (Wildman–Crippen MR) is 91.9 cm³/mol. The highest BCUT2D eigenvalue weighted by Crippen LogP contribution is 2.38. The number of carbonyl (C=O) groups excluding carboxylic acids is 2. The highest BCUT2D eigenvalue weighted by atomic mass is 35.5. The molecule has 1 fully saturated rings. The van der Waals surface area contributed by atoms with Crippen LogP contribution in [0.1, 0.15) is 65.7 Å². The summed E-state index contributed by atoms with van der Waals surface area (Å²) in [7, 11) is 0. The minimum Gasteiger partial charge on any atom is -0.352 e. The largest absolute Gasteiger partial charge is 0.352 e. The highest BCUT2D eigenvalue weighted by Gasteiger charge is 2.33. The van der Waals surface area contributed by atoms with Crippen molar-refractivity contribution in [1.29, 1.82) is 0 Å². The fourth-order valence-corrected chi connectivity index (χ4v) is 2.92. The Kier molecular flexibility index (Phi) is 9.69. The molecule has 1 saturated carbocycles. The summed E-state index contributed by atoms with van der Waals surface area (Å²) in [5.41, 5.74) is 5.84. The van der Waals surface area contributed by atoms with E-state index in [4.69, 9.17) is 5.73 Å². The van der Waals surface area contributed by atoms with Gasteiger partial charge in [-0.05, 0) is 45.1 Å². The first-order valence-electron chi connectivity index (χ1n) is 8.22. The molecule has 0 aromatic rings. The van der Waals surface area contributed by atoms with Crippen LogP contribution in [0, 0.1) is 5.41 Å². The van der Waals surface area contributed by atoms with Crippen molar-refractivity contribution < 1.29 is 9.59 Å². The number of hydrogen-bond donors (Lipinski definition) is 3. The van der Waals surface area contributed by atoms with Crippen molar-refractivity contribution in [3.63, 3.8) is 0 Å². The Labute approximate surface area is 140 Å². The molecular formula is C16H32ClN3O2. The van der Waals surface area contributed by atoms with Crippen LogP contribution in [0.15, 0.2) is 0 Å². The van der Waals surface area contributed by atoms with Crippen LogP contribution in [0.3, 0.4) is 0 Å². The van der Waals surface area contributed by atoms with Crippen LogP contribution in [0.5, 0.6) is 0 Å². The quantitative estimate of drug-likeness (QED) is 0.667. The molecule has 4 N–H and O–H groups in total. The molecule has 2 unspecified atom stereocenters. The molecule has 0 saturated heterocycles. The van der Waals surface area contributed by atoms with E-state index in [0.717, 1.165) is 32.1 Å². The van der Waals surface area contributed by atoms with Crippen molar-refractivity contribution in [3.8, 4) is 0 Å². The van der Waals surface area contributed by atoms with Crippen molar-refractivity contribution in [2.75, 3.05) is 6.54 Å². The molecule has 2 amide bonds. The molecule has 1 aliphatic rings. The number of halogens is 1. The van der Waals surface area contributed by atoms with Crippen molar-refractivity contribution in [2.24, 2.45) is 11.1 Å². The first kappa shape index (κ1) is 21.2. The van der Waals surface area contributed by atoms with E-state index in [9.17, 15) is 9.59 Å². The molecule has 6 heteroatoms. The van der Waals surface area contributed by atoms with Crippen LogP contribution in [0.25, 0.3) is 0 Å². The zero-order chi connectivity index (χ0) is 15.9. The lowest BCUT2D eigenvalue weighted by Crippen LogP contribution is -2.48. The van der Waals surface area contributed by atoms with Gasteiger partial charge in [-0.3, -0.25) is 9.59 Å². The molecule has 1 rings (SSSR count). The highest BCUT2D eigenvalue weighted by molar-refractivity contribution is 5.87. The fraction of sp³-hybridized carbons (Fsp3) is 0.875. The first-order valence-corrected chi connectivity index (χ1v) is 8.22. The Morgan fingerprint density at radius 3 is 2.23 bits per heavy atom. The van der Waals surface area contributed by atoms with Crippen LogP contribution < -0.4 is 16.4 Å². The summed E-state index contributed by atoms with van der Waals surface area (Å²) in [4.78, 5) is 24.1. The Bertz CT molecular complexity index is 357. The average molecular weight is 334 g/mol. The maximum absolute atomic E-state index is 12.2. The van der Waals surface area contributed by atoms with Gasteiger partial charge < -0.3 is 16.4 Å². The number of nitrogens with two attached hydrogens (primary N) is 1. The van der Waals surface area contributed by atoms with Crippen LogP contribution in [-0.2, 0) is 9.59 Å². The maximum Gasteiger partial charge on any atom is 0.242 e. The molecule has 0 spiro atoms. The third kappa shape index (κ3) is 6.53. The maximum atomic E-state index is 12.2. The number of rotatable bonds is 7. The summed E-state index contributed by atoms with van der Waals surface area (Å²) in [6.45, 7) is 6.25. The molecule has 5 nitrogen and oxygen atoms in total. The predicted octanol–water partition coefficient (Wildman–Crippen LogP) is 2.13. The topological polar surface area (TPSA) is 84.2 Å².